The Kier molecular flexibility index (Phi) is 2.51. The largest absolute Gasteiger partial charge is 0.380 e. The van der Waals surface area contributed by atoms with Crippen LogP contribution < -0.4 is 4.90 Å². The molecule has 0 unspecified atom stereocenters. The van der Waals surface area contributed by atoms with Crippen LogP contribution in [0, 0.1) is 6.92 Å². The van der Waals surface area contributed by atoms with Crippen LogP contribution in [0.5, 0.6) is 0 Å². The second kappa shape index (κ2) is 3.64. The predicted molar refractivity (Wildman–Crippen MR) is 54.5 cm³/mol. The van der Waals surface area contributed by atoms with Crippen molar-refractivity contribution in [1.82, 2.24) is 4.98 Å². The first-order chi connectivity index (χ1) is 6.29. The number of aryl methyl sites for hydroxylation is 1. The molecule has 13 heavy (non-hydrogen) atoms. The summed E-state index contributed by atoms with van der Waals surface area (Å²) < 4.78 is 5.30. The summed E-state index contributed by atoms with van der Waals surface area (Å²) in [5.41, 5.74) is 0. The summed E-state index contributed by atoms with van der Waals surface area (Å²) in [4.78, 5) is 7.93. The molecule has 1 saturated heterocycles. The first kappa shape index (κ1) is 8.97. The highest BCUT2D eigenvalue weighted by molar-refractivity contribution is 7.15. The lowest BCUT2D eigenvalue weighted by Crippen LogP contribution is -2.21. The molecule has 4 heteroatoms. The lowest BCUT2D eigenvalue weighted by molar-refractivity contribution is 0.121. The number of hydrogen-bond acceptors (Lipinski definition) is 4. The van der Waals surface area contributed by atoms with Gasteiger partial charge in [0.15, 0.2) is 5.13 Å². The van der Waals surface area contributed by atoms with Crippen molar-refractivity contribution in [3.8, 4) is 0 Å². The fraction of sp³-hybridized carbons (Fsp3) is 0.667. The van der Waals surface area contributed by atoms with Gasteiger partial charge >= 0.3 is 0 Å². The highest BCUT2D eigenvalue weighted by atomic mass is 32.1. The molecule has 72 valence electrons. The zero-order valence-electron chi connectivity index (χ0n) is 7.99. The van der Waals surface area contributed by atoms with Gasteiger partial charge in [-0.1, -0.05) is 0 Å². The second-order valence-electron chi connectivity index (χ2n) is 3.35. The Balaban J connectivity index is 2.03. The van der Waals surface area contributed by atoms with Crippen molar-refractivity contribution < 1.29 is 4.74 Å². The summed E-state index contributed by atoms with van der Waals surface area (Å²) in [6.07, 6.45) is 3.44. The van der Waals surface area contributed by atoms with Crippen LogP contribution in [-0.2, 0) is 4.74 Å². The Hall–Kier alpha value is -0.610. The molecule has 1 aromatic rings. The molecule has 2 heterocycles. The molecule has 0 amide bonds. The number of ether oxygens (including phenoxy) is 1. The van der Waals surface area contributed by atoms with E-state index < -0.39 is 0 Å². The van der Waals surface area contributed by atoms with E-state index in [1.165, 1.54) is 4.88 Å². The van der Waals surface area contributed by atoms with E-state index in [4.69, 9.17) is 4.74 Å². The third-order valence-corrected chi connectivity index (χ3v) is 3.33. The van der Waals surface area contributed by atoms with Gasteiger partial charge in [-0.15, -0.1) is 11.3 Å². The van der Waals surface area contributed by atoms with Gasteiger partial charge in [-0.05, 0) is 13.3 Å². The monoisotopic (exact) mass is 198 g/mol. The Morgan fingerprint density at radius 3 is 3.08 bits per heavy atom. The van der Waals surface area contributed by atoms with Crippen molar-refractivity contribution in [2.45, 2.75) is 19.4 Å². The number of hydrogen-bond donors (Lipinski definition) is 0. The topological polar surface area (TPSA) is 25.4 Å². The quantitative estimate of drug-likeness (QED) is 0.723. The van der Waals surface area contributed by atoms with Gasteiger partial charge in [-0.25, -0.2) is 4.98 Å². The van der Waals surface area contributed by atoms with Crippen LogP contribution in [0.2, 0.25) is 0 Å². The summed E-state index contributed by atoms with van der Waals surface area (Å²) in [5, 5.41) is 1.14. The normalized spacial score (nSPS) is 22.6. The molecule has 0 aliphatic carbocycles. The summed E-state index contributed by atoms with van der Waals surface area (Å²) >= 11 is 1.76. The first-order valence-electron chi connectivity index (χ1n) is 4.50. The predicted octanol–water partition coefficient (Wildman–Crippen LogP) is 1.68. The van der Waals surface area contributed by atoms with Crippen molar-refractivity contribution >= 4 is 16.5 Å². The molecular weight excluding hydrogens is 184 g/mol. The molecule has 0 radical (unpaired) electrons. The van der Waals surface area contributed by atoms with Crippen molar-refractivity contribution in [2.75, 3.05) is 25.1 Å². The first-order valence-corrected chi connectivity index (χ1v) is 5.31. The maximum Gasteiger partial charge on any atom is 0.185 e. The van der Waals surface area contributed by atoms with Gasteiger partial charge in [0, 0.05) is 31.3 Å². The minimum absolute atomic E-state index is 0.393. The molecule has 0 spiro atoms. The molecule has 0 bridgehead atoms. The van der Waals surface area contributed by atoms with Crippen LogP contribution in [0.25, 0.3) is 0 Å². The van der Waals surface area contributed by atoms with Crippen LogP contribution in [0.4, 0.5) is 5.13 Å². The van der Waals surface area contributed by atoms with Gasteiger partial charge < -0.3 is 9.64 Å². The van der Waals surface area contributed by atoms with Crippen molar-refractivity contribution in [3.63, 3.8) is 0 Å². The van der Waals surface area contributed by atoms with Gasteiger partial charge in [-0.3, -0.25) is 0 Å². The highest BCUT2D eigenvalue weighted by Gasteiger charge is 2.23. The van der Waals surface area contributed by atoms with E-state index in [9.17, 15) is 0 Å². The highest BCUT2D eigenvalue weighted by Crippen LogP contribution is 2.25. The lowest BCUT2D eigenvalue weighted by Gasteiger charge is -2.13. The Labute approximate surface area is 82.3 Å². The van der Waals surface area contributed by atoms with E-state index in [1.54, 1.807) is 18.4 Å². The van der Waals surface area contributed by atoms with Crippen LogP contribution in [0.3, 0.4) is 0 Å². The van der Waals surface area contributed by atoms with Gasteiger partial charge in [-0.2, -0.15) is 0 Å². The number of methoxy groups -OCH3 is 1. The van der Waals surface area contributed by atoms with Gasteiger partial charge in [0.05, 0.1) is 6.10 Å². The smallest absolute Gasteiger partial charge is 0.185 e. The van der Waals surface area contributed by atoms with Crippen molar-refractivity contribution in [1.29, 1.82) is 0 Å². The summed E-state index contributed by atoms with van der Waals surface area (Å²) in [6, 6.07) is 0. The third-order valence-electron chi connectivity index (χ3n) is 2.36. The zero-order chi connectivity index (χ0) is 9.26. The van der Waals surface area contributed by atoms with Gasteiger partial charge in [0.25, 0.3) is 0 Å². The van der Waals surface area contributed by atoms with Crippen molar-refractivity contribution in [2.24, 2.45) is 0 Å². The van der Waals surface area contributed by atoms with E-state index in [1.807, 2.05) is 6.20 Å². The molecule has 0 aromatic carbocycles. The molecule has 1 aliphatic rings. The van der Waals surface area contributed by atoms with E-state index in [0.29, 0.717) is 6.10 Å². The van der Waals surface area contributed by atoms with E-state index in [2.05, 4.69) is 16.8 Å². The van der Waals surface area contributed by atoms with Crippen LogP contribution in [-0.4, -0.2) is 31.3 Å². The Bertz CT molecular complexity index is 287. The van der Waals surface area contributed by atoms with E-state index in [0.717, 1.165) is 24.6 Å². The average Bonchev–Trinajstić information content (AvgIpc) is 2.71. The molecule has 1 atom stereocenters. The van der Waals surface area contributed by atoms with Crippen LogP contribution >= 0.6 is 11.3 Å². The summed E-state index contributed by atoms with van der Waals surface area (Å²) in [7, 11) is 1.78. The maximum atomic E-state index is 5.30. The SMILES string of the molecule is CO[C@@H]1CCN(c2ncc(C)s2)C1. The van der Waals surface area contributed by atoms with Gasteiger partial charge in [0.2, 0.25) is 0 Å². The van der Waals surface area contributed by atoms with Crippen molar-refractivity contribution in [3.05, 3.63) is 11.1 Å². The minimum atomic E-state index is 0.393. The molecular formula is C9H14N2OS. The second-order valence-corrected chi connectivity index (χ2v) is 4.56. The average molecular weight is 198 g/mol. The van der Waals surface area contributed by atoms with E-state index in [-0.39, 0.29) is 0 Å². The van der Waals surface area contributed by atoms with Crippen LogP contribution in [0.15, 0.2) is 6.20 Å². The van der Waals surface area contributed by atoms with Crippen LogP contribution in [0.1, 0.15) is 11.3 Å². The number of aromatic nitrogens is 1. The number of thiazole rings is 1. The zero-order valence-corrected chi connectivity index (χ0v) is 8.80. The molecule has 1 fully saturated rings. The standard InChI is InChI=1S/C9H14N2OS/c1-7-5-10-9(13-7)11-4-3-8(6-11)12-2/h5,8H,3-4,6H2,1-2H3/t8-/m1/s1. The Morgan fingerprint density at radius 1 is 1.69 bits per heavy atom. The molecule has 1 aromatic heterocycles. The fourth-order valence-electron chi connectivity index (χ4n) is 1.58. The number of rotatable bonds is 2. The maximum absolute atomic E-state index is 5.30. The van der Waals surface area contributed by atoms with E-state index >= 15 is 0 Å². The summed E-state index contributed by atoms with van der Waals surface area (Å²) in [6.45, 7) is 4.15. The molecule has 2 rings (SSSR count). The number of anilines is 1. The molecule has 3 nitrogen and oxygen atoms in total. The number of nitrogens with zero attached hydrogens (tertiary/aromatic N) is 2. The lowest BCUT2D eigenvalue weighted by atomic mass is 10.3. The molecule has 0 N–H and O–H groups in total. The summed E-state index contributed by atoms with van der Waals surface area (Å²) in [5.74, 6) is 0. The third kappa shape index (κ3) is 1.84. The van der Waals surface area contributed by atoms with Gasteiger partial charge in [0.1, 0.15) is 0 Å². The fourth-order valence-corrected chi connectivity index (χ4v) is 2.38. The minimum Gasteiger partial charge on any atom is -0.380 e. The molecule has 1 aliphatic heterocycles. The Morgan fingerprint density at radius 2 is 2.54 bits per heavy atom. The molecule has 0 saturated carbocycles.